The molecule has 1 saturated heterocycles. The normalized spacial score (nSPS) is 15.8. The number of benzene rings is 1. The molecular weight excluding hydrogens is 300 g/mol. The van der Waals surface area contributed by atoms with E-state index in [0.29, 0.717) is 18.2 Å². The number of piperazine rings is 1. The Morgan fingerprint density at radius 1 is 1.05 bits per heavy atom. The summed E-state index contributed by atoms with van der Waals surface area (Å²) in [6, 6.07) is 3.95. The Kier molecular flexibility index (Phi) is 7.30. The van der Waals surface area contributed by atoms with Crippen molar-refractivity contribution < 1.29 is 9.47 Å². The van der Waals surface area contributed by atoms with Gasteiger partial charge in [0.1, 0.15) is 11.5 Å². The Morgan fingerprint density at radius 3 is 2.32 bits per heavy atom. The minimum absolute atomic E-state index is 0.669. The van der Waals surface area contributed by atoms with Crippen LogP contribution in [0.1, 0.15) is 32.3 Å². The van der Waals surface area contributed by atoms with Gasteiger partial charge < -0.3 is 14.8 Å². The van der Waals surface area contributed by atoms with Crippen LogP contribution in [-0.2, 0) is 6.54 Å². The number of nitrogens with one attached hydrogen (secondary N) is 1. The maximum atomic E-state index is 6.38. The predicted octanol–water partition coefficient (Wildman–Crippen LogP) is 3.32. The smallest absolute Gasteiger partial charge is 0.141 e. The molecule has 4 nitrogen and oxygen atoms in total. The summed E-state index contributed by atoms with van der Waals surface area (Å²) in [5.41, 5.74) is 1.14. The highest BCUT2D eigenvalue weighted by Gasteiger charge is 2.16. The number of ether oxygens (including phenoxy) is 2. The molecule has 0 aliphatic carbocycles. The van der Waals surface area contributed by atoms with Crippen LogP contribution in [0.15, 0.2) is 12.1 Å². The fourth-order valence-corrected chi connectivity index (χ4v) is 2.72. The van der Waals surface area contributed by atoms with Crippen LogP contribution >= 0.6 is 11.6 Å². The van der Waals surface area contributed by atoms with E-state index in [1.54, 1.807) is 0 Å². The molecule has 124 valence electrons. The van der Waals surface area contributed by atoms with Crippen LogP contribution in [0.4, 0.5) is 0 Å². The van der Waals surface area contributed by atoms with Gasteiger partial charge in [-0.25, -0.2) is 0 Å². The molecule has 1 aromatic rings. The van der Waals surface area contributed by atoms with E-state index in [1.807, 2.05) is 12.1 Å². The first-order valence-electron chi connectivity index (χ1n) is 8.25. The minimum atomic E-state index is 0.669. The lowest BCUT2D eigenvalue weighted by atomic mass is 10.1. The molecule has 0 spiro atoms. The third-order valence-electron chi connectivity index (χ3n) is 3.64. The third kappa shape index (κ3) is 5.04. The van der Waals surface area contributed by atoms with Crippen LogP contribution in [-0.4, -0.2) is 44.3 Å². The van der Waals surface area contributed by atoms with Crippen molar-refractivity contribution in [2.75, 3.05) is 39.4 Å². The van der Waals surface area contributed by atoms with Crippen molar-refractivity contribution in [2.24, 2.45) is 0 Å². The van der Waals surface area contributed by atoms with Crippen molar-refractivity contribution in [2.45, 2.75) is 33.2 Å². The van der Waals surface area contributed by atoms with Gasteiger partial charge in [0.2, 0.25) is 0 Å². The molecular formula is C17H27ClN2O2. The summed E-state index contributed by atoms with van der Waals surface area (Å²) in [5, 5.41) is 4.04. The van der Waals surface area contributed by atoms with Gasteiger partial charge in [0, 0.05) is 44.4 Å². The number of hydrogen-bond acceptors (Lipinski definition) is 4. The van der Waals surface area contributed by atoms with Gasteiger partial charge in [-0.1, -0.05) is 25.4 Å². The summed E-state index contributed by atoms with van der Waals surface area (Å²) in [7, 11) is 0. The van der Waals surface area contributed by atoms with Gasteiger partial charge in [-0.05, 0) is 18.9 Å². The van der Waals surface area contributed by atoms with Gasteiger partial charge in [0.05, 0.1) is 18.2 Å². The van der Waals surface area contributed by atoms with Crippen molar-refractivity contribution in [3.8, 4) is 11.5 Å². The summed E-state index contributed by atoms with van der Waals surface area (Å²) in [5.74, 6) is 1.62. The molecule has 1 heterocycles. The average Bonchev–Trinajstić information content (AvgIpc) is 2.54. The molecule has 0 bridgehead atoms. The van der Waals surface area contributed by atoms with Gasteiger partial charge in [-0.2, -0.15) is 0 Å². The molecule has 1 fully saturated rings. The largest absolute Gasteiger partial charge is 0.493 e. The van der Waals surface area contributed by atoms with E-state index in [0.717, 1.165) is 62.6 Å². The Balaban J connectivity index is 2.15. The molecule has 1 aliphatic rings. The van der Waals surface area contributed by atoms with Crippen molar-refractivity contribution in [3.05, 3.63) is 22.7 Å². The fourth-order valence-electron chi connectivity index (χ4n) is 2.48. The SMILES string of the molecule is CCCOc1cc(OCCC)c(CN2CCNCC2)cc1Cl. The average molecular weight is 327 g/mol. The molecule has 0 unspecified atom stereocenters. The number of rotatable bonds is 8. The second-order valence-electron chi connectivity index (χ2n) is 5.61. The quantitative estimate of drug-likeness (QED) is 0.794. The minimum Gasteiger partial charge on any atom is -0.493 e. The molecule has 2 rings (SSSR count). The molecule has 1 aliphatic heterocycles. The van der Waals surface area contributed by atoms with E-state index in [-0.39, 0.29) is 0 Å². The molecule has 22 heavy (non-hydrogen) atoms. The van der Waals surface area contributed by atoms with Crippen molar-refractivity contribution in [1.82, 2.24) is 10.2 Å². The highest BCUT2D eigenvalue weighted by Crippen LogP contribution is 2.34. The van der Waals surface area contributed by atoms with Gasteiger partial charge in [0.25, 0.3) is 0 Å². The summed E-state index contributed by atoms with van der Waals surface area (Å²) >= 11 is 6.38. The second-order valence-corrected chi connectivity index (χ2v) is 6.02. The van der Waals surface area contributed by atoms with E-state index in [1.165, 1.54) is 0 Å². The van der Waals surface area contributed by atoms with Gasteiger partial charge in [-0.3, -0.25) is 4.90 Å². The maximum absolute atomic E-state index is 6.38. The Morgan fingerprint density at radius 2 is 1.68 bits per heavy atom. The van der Waals surface area contributed by atoms with Crippen LogP contribution in [0.5, 0.6) is 11.5 Å². The first-order valence-corrected chi connectivity index (χ1v) is 8.63. The predicted molar refractivity (Wildman–Crippen MR) is 91.2 cm³/mol. The van der Waals surface area contributed by atoms with Crippen molar-refractivity contribution >= 4 is 11.6 Å². The zero-order chi connectivity index (χ0) is 15.8. The standard InChI is InChI=1S/C17H27ClN2O2/c1-3-9-21-16-12-17(22-10-4-2)15(18)11-14(16)13-20-7-5-19-6-8-20/h11-12,19H,3-10,13H2,1-2H3. The third-order valence-corrected chi connectivity index (χ3v) is 3.94. The van der Waals surface area contributed by atoms with Crippen LogP contribution < -0.4 is 14.8 Å². The fraction of sp³-hybridized carbons (Fsp3) is 0.647. The van der Waals surface area contributed by atoms with E-state index in [4.69, 9.17) is 21.1 Å². The van der Waals surface area contributed by atoms with Gasteiger partial charge >= 0.3 is 0 Å². The molecule has 1 aromatic carbocycles. The zero-order valence-corrected chi connectivity index (χ0v) is 14.4. The van der Waals surface area contributed by atoms with Crippen LogP contribution in [0.2, 0.25) is 5.02 Å². The summed E-state index contributed by atoms with van der Waals surface area (Å²) in [4.78, 5) is 2.42. The summed E-state index contributed by atoms with van der Waals surface area (Å²) in [6.45, 7) is 10.6. The molecule has 0 amide bonds. The highest BCUT2D eigenvalue weighted by molar-refractivity contribution is 6.32. The van der Waals surface area contributed by atoms with Gasteiger partial charge in [-0.15, -0.1) is 0 Å². The Hall–Kier alpha value is -0.970. The lowest BCUT2D eigenvalue weighted by Gasteiger charge is -2.28. The molecule has 5 heteroatoms. The number of halogens is 1. The first-order chi connectivity index (χ1) is 10.7. The monoisotopic (exact) mass is 326 g/mol. The first kappa shape index (κ1) is 17.4. The van der Waals surface area contributed by atoms with Crippen molar-refractivity contribution in [1.29, 1.82) is 0 Å². The zero-order valence-electron chi connectivity index (χ0n) is 13.7. The molecule has 0 saturated carbocycles. The number of nitrogens with zero attached hydrogens (tertiary/aromatic N) is 1. The summed E-state index contributed by atoms with van der Waals surface area (Å²) in [6.07, 6.45) is 1.95. The van der Waals surface area contributed by atoms with E-state index in [9.17, 15) is 0 Å². The lowest BCUT2D eigenvalue weighted by molar-refractivity contribution is 0.227. The highest BCUT2D eigenvalue weighted by atomic mass is 35.5. The lowest BCUT2D eigenvalue weighted by Crippen LogP contribution is -2.42. The Bertz CT molecular complexity index is 462. The van der Waals surface area contributed by atoms with Crippen LogP contribution in [0, 0.1) is 0 Å². The molecule has 1 N–H and O–H groups in total. The van der Waals surface area contributed by atoms with Crippen LogP contribution in [0.25, 0.3) is 0 Å². The molecule has 0 radical (unpaired) electrons. The van der Waals surface area contributed by atoms with Crippen molar-refractivity contribution in [3.63, 3.8) is 0 Å². The van der Waals surface area contributed by atoms with E-state index >= 15 is 0 Å². The maximum Gasteiger partial charge on any atom is 0.141 e. The van der Waals surface area contributed by atoms with Crippen LogP contribution in [0.3, 0.4) is 0 Å². The van der Waals surface area contributed by atoms with E-state index < -0.39 is 0 Å². The van der Waals surface area contributed by atoms with E-state index in [2.05, 4.69) is 24.1 Å². The summed E-state index contributed by atoms with van der Waals surface area (Å²) < 4.78 is 11.6. The topological polar surface area (TPSA) is 33.7 Å². The Labute approximate surface area is 138 Å². The molecule has 0 atom stereocenters. The second kappa shape index (κ2) is 9.23. The van der Waals surface area contributed by atoms with Gasteiger partial charge in [0.15, 0.2) is 0 Å². The molecule has 0 aromatic heterocycles. The number of hydrogen-bond donors (Lipinski definition) is 1.